The summed E-state index contributed by atoms with van der Waals surface area (Å²) in [7, 11) is 0. The van der Waals surface area contributed by atoms with Crippen LogP contribution in [0.5, 0.6) is 5.75 Å². The van der Waals surface area contributed by atoms with Gasteiger partial charge in [0.05, 0.1) is 22.0 Å². The summed E-state index contributed by atoms with van der Waals surface area (Å²) in [4.78, 5) is 29.5. The molecule has 0 radical (unpaired) electrons. The van der Waals surface area contributed by atoms with Crippen LogP contribution in [0.1, 0.15) is 11.1 Å². The highest BCUT2D eigenvalue weighted by molar-refractivity contribution is 9.10. The van der Waals surface area contributed by atoms with E-state index < -0.39 is 22.0 Å². The van der Waals surface area contributed by atoms with Gasteiger partial charge in [-0.05, 0) is 60.2 Å². The van der Waals surface area contributed by atoms with Gasteiger partial charge in [0.15, 0.2) is 5.76 Å². The molecule has 0 spiro atoms. The Labute approximate surface area is 249 Å². The summed E-state index contributed by atoms with van der Waals surface area (Å²) in [5.41, 5.74) is 0.661. The first-order valence-electron chi connectivity index (χ1n) is 12.4. The fourth-order valence-electron chi connectivity index (χ4n) is 4.41. The molecule has 12 heteroatoms. The Morgan fingerprint density at radius 2 is 1.93 bits per heavy atom. The van der Waals surface area contributed by atoms with Crippen molar-refractivity contribution in [3.05, 3.63) is 132 Å². The molecule has 0 atom stereocenters. The predicted molar refractivity (Wildman–Crippen MR) is 161 cm³/mol. The van der Waals surface area contributed by atoms with E-state index in [1.54, 1.807) is 42.5 Å². The number of furan rings is 1. The van der Waals surface area contributed by atoms with Gasteiger partial charge in [0.1, 0.15) is 18.0 Å². The molecule has 9 nitrogen and oxygen atoms in total. The van der Waals surface area contributed by atoms with Gasteiger partial charge in [-0.25, -0.2) is 9.37 Å². The number of ether oxygens (including phenoxy) is 1. The van der Waals surface area contributed by atoms with E-state index in [1.807, 2.05) is 12.1 Å². The zero-order chi connectivity index (χ0) is 29.4. The van der Waals surface area contributed by atoms with Gasteiger partial charge in [-0.3, -0.25) is 14.9 Å². The highest BCUT2D eigenvalue weighted by Crippen LogP contribution is 2.35. The molecule has 0 aliphatic heterocycles. The fraction of sp³-hybridized carbons (Fsp3) is 0.0333. The number of nitrogens with zero attached hydrogens (tertiary/aromatic N) is 4. The number of hydrogen-bond donors (Lipinski definition) is 0. The molecule has 208 valence electrons. The van der Waals surface area contributed by atoms with Gasteiger partial charge >= 0.3 is 5.69 Å². The lowest BCUT2D eigenvalue weighted by molar-refractivity contribution is -0.385. The molecular weight excluding hydrogens is 631 g/mol. The van der Waals surface area contributed by atoms with E-state index in [0.29, 0.717) is 22.0 Å². The van der Waals surface area contributed by atoms with Gasteiger partial charge in [-0.2, -0.15) is 9.78 Å². The van der Waals surface area contributed by atoms with Gasteiger partial charge in [0, 0.05) is 26.5 Å². The van der Waals surface area contributed by atoms with Gasteiger partial charge in [-0.1, -0.05) is 51.8 Å². The van der Waals surface area contributed by atoms with Crippen molar-refractivity contribution in [2.45, 2.75) is 6.61 Å². The molecule has 0 bridgehead atoms. The highest BCUT2D eigenvalue weighted by Gasteiger charge is 2.22. The van der Waals surface area contributed by atoms with E-state index in [9.17, 15) is 19.3 Å². The average Bonchev–Trinajstić information content (AvgIpc) is 3.39. The van der Waals surface area contributed by atoms with E-state index >= 15 is 0 Å². The molecule has 0 amide bonds. The standard InChI is InChI=1S/C30H17BrClFN4O5/c31-20-8-9-26-18(11-20)13-27(42-26)29-35-24-7-2-1-6-23(24)30(38)36(29)34-15-19-12-21(32)14-25(37(39)40)28(19)41-16-17-4-3-5-22(33)10-17/h1-15H,16H2. The Kier molecular flexibility index (Phi) is 7.27. The summed E-state index contributed by atoms with van der Waals surface area (Å²) in [6, 6.07) is 22.2. The van der Waals surface area contributed by atoms with Crippen LogP contribution in [0.3, 0.4) is 0 Å². The van der Waals surface area contributed by atoms with Crippen LogP contribution >= 0.6 is 27.5 Å². The smallest absolute Gasteiger partial charge is 0.313 e. The van der Waals surface area contributed by atoms with Gasteiger partial charge in [-0.15, -0.1) is 0 Å². The third-order valence-corrected chi connectivity index (χ3v) is 7.01. The van der Waals surface area contributed by atoms with Crippen molar-refractivity contribution in [1.29, 1.82) is 0 Å². The normalized spacial score (nSPS) is 11.5. The molecule has 42 heavy (non-hydrogen) atoms. The summed E-state index contributed by atoms with van der Waals surface area (Å²) in [6.45, 7) is -0.168. The second-order valence-corrected chi connectivity index (χ2v) is 10.5. The van der Waals surface area contributed by atoms with Crippen molar-refractivity contribution < 1.29 is 18.5 Å². The lowest BCUT2D eigenvalue weighted by atomic mass is 10.1. The van der Waals surface area contributed by atoms with E-state index in [-0.39, 0.29) is 34.5 Å². The van der Waals surface area contributed by atoms with Crippen molar-refractivity contribution in [2.24, 2.45) is 5.10 Å². The van der Waals surface area contributed by atoms with Gasteiger partial charge in [0.25, 0.3) is 5.56 Å². The minimum atomic E-state index is -0.647. The van der Waals surface area contributed by atoms with Gasteiger partial charge in [0.2, 0.25) is 11.6 Å². The maximum absolute atomic E-state index is 13.7. The van der Waals surface area contributed by atoms with Crippen LogP contribution in [0.25, 0.3) is 33.5 Å². The third kappa shape index (κ3) is 5.39. The number of nitro benzene ring substituents is 1. The molecule has 0 fully saturated rings. The van der Waals surface area contributed by atoms with E-state index in [1.165, 1.54) is 30.5 Å². The molecule has 4 aromatic carbocycles. The molecule has 0 aliphatic rings. The van der Waals surface area contributed by atoms with Crippen molar-refractivity contribution in [1.82, 2.24) is 9.66 Å². The van der Waals surface area contributed by atoms with E-state index in [2.05, 4.69) is 26.0 Å². The summed E-state index contributed by atoms with van der Waals surface area (Å²) < 4.78 is 27.4. The van der Waals surface area contributed by atoms with Crippen molar-refractivity contribution in [2.75, 3.05) is 0 Å². The molecule has 6 aromatic rings. The summed E-state index contributed by atoms with van der Waals surface area (Å²) in [5, 5.41) is 17.4. The molecule has 2 aromatic heterocycles. The Morgan fingerprint density at radius 3 is 2.74 bits per heavy atom. The van der Waals surface area contributed by atoms with Crippen LogP contribution in [0.15, 0.2) is 104 Å². The Bertz CT molecular complexity index is 2110. The van der Waals surface area contributed by atoms with Crippen molar-refractivity contribution in [3.8, 4) is 17.3 Å². The Morgan fingerprint density at radius 1 is 1.10 bits per heavy atom. The summed E-state index contributed by atoms with van der Waals surface area (Å²) >= 11 is 9.65. The second-order valence-electron chi connectivity index (χ2n) is 9.13. The Hall–Kier alpha value is -4.87. The number of para-hydroxylation sites is 1. The minimum Gasteiger partial charge on any atom is -0.481 e. The lowest BCUT2D eigenvalue weighted by Gasteiger charge is -2.11. The molecule has 0 saturated carbocycles. The molecule has 2 heterocycles. The van der Waals surface area contributed by atoms with Crippen molar-refractivity contribution >= 4 is 61.3 Å². The SMILES string of the molecule is O=c1c2ccccc2nc(-c2cc3cc(Br)ccc3o2)n1N=Cc1cc(Cl)cc([N+](=O)[O-])c1OCc1cccc(F)c1. The molecular formula is C30H17BrClFN4O5. The zero-order valence-electron chi connectivity index (χ0n) is 21.3. The molecule has 0 aliphatic carbocycles. The first kappa shape index (κ1) is 27.3. The van der Waals surface area contributed by atoms with Crippen LogP contribution in [0.4, 0.5) is 10.1 Å². The minimum absolute atomic E-state index is 0.0494. The number of nitro groups is 1. The van der Waals surface area contributed by atoms with Gasteiger partial charge < -0.3 is 9.15 Å². The second kappa shape index (κ2) is 11.2. The van der Waals surface area contributed by atoms with Crippen LogP contribution in [-0.2, 0) is 6.61 Å². The first-order chi connectivity index (χ1) is 20.3. The first-order valence-corrected chi connectivity index (χ1v) is 13.5. The van der Waals surface area contributed by atoms with Crippen LogP contribution in [0, 0.1) is 15.9 Å². The predicted octanol–water partition coefficient (Wildman–Crippen LogP) is 7.73. The third-order valence-electron chi connectivity index (χ3n) is 6.30. The lowest BCUT2D eigenvalue weighted by Crippen LogP contribution is -2.20. The van der Waals surface area contributed by atoms with Crippen LogP contribution < -0.4 is 10.3 Å². The molecule has 0 N–H and O–H groups in total. The number of hydrogen-bond acceptors (Lipinski definition) is 7. The van der Waals surface area contributed by atoms with Crippen LogP contribution in [0.2, 0.25) is 5.02 Å². The fourth-order valence-corrected chi connectivity index (χ4v) is 5.01. The summed E-state index contributed by atoms with van der Waals surface area (Å²) in [6.07, 6.45) is 1.22. The number of fused-ring (bicyclic) bond motifs is 2. The maximum Gasteiger partial charge on any atom is 0.313 e. The quantitative estimate of drug-likeness (QED) is 0.0996. The van der Waals surface area contributed by atoms with Crippen molar-refractivity contribution in [3.63, 3.8) is 0 Å². The number of rotatable bonds is 7. The highest BCUT2D eigenvalue weighted by atomic mass is 79.9. The van der Waals surface area contributed by atoms with Crippen LogP contribution in [-0.4, -0.2) is 20.8 Å². The van der Waals surface area contributed by atoms with E-state index in [0.717, 1.165) is 20.6 Å². The Balaban J connectivity index is 1.50. The zero-order valence-corrected chi connectivity index (χ0v) is 23.7. The number of aromatic nitrogens is 2. The largest absolute Gasteiger partial charge is 0.481 e. The maximum atomic E-state index is 13.7. The molecule has 6 rings (SSSR count). The molecule has 0 unspecified atom stereocenters. The molecule has 0 saturated heterocycles. The monoisotopic (exact) mass is 646 g/mol. The number of benzene rings is 4. The average molecular weight is 648 g/mol. The van der Waals surface area contributed by atoms with E-state index in [4.69, 9.17) is 20.8 Å². The number of halogens is 3. The summed E-state index contributed by atoms with van der Waals surface area (Å²) in [5.74, 6) is -0.240. The topological polar surface area (TPSA) is 113 Å².